The number of benzene rings is 2. The zero-order valence-electron chi connectivity index (χ0n) is 20.1. The predicted octanol–water partition coefficient (Wildman–Crippen LogP) is 7.61. The monoisotopic (exact) mass is 676 g/mol. The molecule has 15 heteroatoms. The Bertz CT molecular complexity index is 1210. The van der Waals surface area contributed by atoms with E-state index in [0.29, 0.717) is 0 Å². The van der Waals surface area contributed by atoms with Gasteiger partial charge in [-0.05, 0) is 47.0 Å². The van der Waals surface area contributed by atoms with Crippen LogP contribution >= 0.6 is 17.2 Å². The fourth-order valence-corrected chi connectivity index (χ4v) is 6.13. The summed E-state index contributed by atoms with van der Waals surface area (Å²) in [6.07, 6.45) is -19.2. The molecule has 41 heavy (non-hydrogen) atoms. The predicted molar refractivity (Wildman–Crippen MR) is 135 cm³/mol. The quantitative estimate of drug-likeness (QED) is 0.0905. The van der Waals surface area contributed by atoms with Gasteiger partial charge in [-0.25, -0.2) is 24.3 Å². The van der Waals surface area contributed by atoms with Crippen molar-refractivity contribution in [3.8, 4) is 0 Å². The first-order valence-corrected chi connectivity index (χ1v) is 13.4. The first kappa shape index (κ1) is 34.9. The van der Waals surface area contributed by atoms with E-state index in [1.807, 2.05) is 0 Å². The normalized spacial score (nSPS) is 13.0. The number of halogens is 12. The van der Waals surface area contributed by atoms with Gasteiger partial charge in [0.25, 0.3) is 0 Å². The van der Waals surface area contributed by atoms with Gasteiger partial charge in [0, 0.05) is 34.2 Å². The second kappa shape index (κ2) is 13.3. The van der Waals surface area contributed by atoms with Crippen LogP contribution in [0.25, 0.3) is 0 Å². The summed E-state index contributed by atoms with van der Waals surface area (Å²) in [5.74, 6) is 0. The Morgan fingerprint density at radius 1 is 0.390 bits per heavy atom. The van der Waals surface area contributed by atoms with Gasteiger partial charge in [-0.1, -0.05) is 0 Å². The molecule has 0 aliphatic rings. The first-order chi connectivity index (χ1) is 18.3. The van der Waals surface area contributed by atoms with Gasteiger partial charge in [-0.2, -0.15) is 52.7 Å². The molecule has 0 N–H and O–H groups in total. The minimum absolute atomic E-state index is 0. The third-order valence-corrected chi connectivity index (χ3v) is 8.03. The summed E-state index contributed by atoms with van der Waals surface area (Å²) in [7, 11) is -1.60. The second-order valence-corrected chi connectivity index (χ2v) is 11.6. The van der Waals surface area contributed by atoms with Gasteiger partial charge in [-0.3, -0.25) is 0 Å². The van der Waals surface area contributed by atoms with E-state index in [9.17, 15) is 52.7 Å². The van der Waals surface area contributed by atoms with E-state index in [1.165, 1.54) is 0 Å². The van der Waals surface area contributed by atoms with Crippen LogP contribution in [0.15, 0.2) is 84.9 Å². The number of rotatable bonds is 4. The van der Waals surface area contributed by atoms with Gasteiger partial charge in [0.2, 0.25) is 0 Å². The van der Waals surface area contributed by atoms with Crippen molar-refractivity contribution in [1.29, 1.82) is 0 Å². The Labute approximate surface area is 239 Å². The maximum absolute atomic E-state index is 12.7. The Morgan fingerprint density at radius 3 is 0.805 bits per heavy atom. The van der Waals surface area contributed by atoms with Crippen LogP contribution in [0.5, 0.6) is 0 Å². The Kier molecular flexibility index (Phi) is 11.3. The van der Waals surface area contributed by atoms with Crippen molar-refractivity contribution < 1.29 is 69.8 Å². The van der Waals surface area contributed by atoms with Crippen molar-refractivity contribution >= 4 is 38.4 Å². The molecule has 0 aromatic heterocycles. The molecule has 4 aromatic rings. The van der Waals surface area contributed by atoms with E-state index in [-0.39, 0.29) is 39.8 Å². The Morgan fingerprint density at radius 2 is 0.610 bits per heavy atom. The van der Waals surface area contributed by atoms with Crippen LogP contribution < -0.4 is 21.2 Å². The third-order valence-electron chi connectivity index (χ3n) is 5.26. The van der Waals surface area contributed by atoms with Gasteiger partial charge in [0.15, 0.2) is 0 Å². The van der Waals surface area contributed by atoms with Crippen molar-refractivity contribution in [3.63, 3.8) is 0 Å². The molecule has 0 saturated carbocycles. The van der Waals surface area contributed by atoms with Crippen LogP contribution in [-0.4, -0.2) is 0 Å². The zero-order valence-corrected chi connectivity index (χ0v) is 23.5. The van der Waals surface area contributed by atoms with Crippen molar-refractivity contribution in [2.75, 3.05) is 0 Å². The van der Waals surface area contributed by atoms with Gasteiger partial charge in [-0.15, -0.1) is 24.3 Å². The largest absolute Gasteiger partial charge is 0.416 e. The van der Waals surface area contributed by atoms with E-state index in [0.717, 1.165) is 34.9 Å². The van der Waals surface area contributed by atoms with E-state index in [2.05, 4.69) is 0 Å². The number of alkyl halides is 12. The van der Waals surface area contributed by atoms with E-state index < -0.39 is 64.1 Å². The molecule has 0 aliphatic carbocycles. The van der Waals surface area contributed by atoms with Gasteiger partial charge < -0.3 is 0 Å². The SMILES string of the molecule is FC(F)(F)c1cc([PH2+][c-]2cccc2)cc(C(F)(F)F)c1.FC(F)(F)c1cc([PH2+][c-]2cccc2)cc(C(F)(F)F)c1.[Fe]. The molecule has 0 spiro atoms. The number of hydrogen-bond donors (Lipinski definition) is 0. The summed E-state index contributed by atoms with van der Waals surface area (Å²) in [4.78, 5) is 0. The van der Waals surface area contributed by atoms with Crippen molar-refractivity contribution in [3.05, 3.63) is 107 Å². The van der Waals surface area contributed by atoms with Crippen molar-refractivity contribution in [2.45, 2.75) is 24.7 Å². The van der Waals surface area contributed by atoms with Gasteiger partial charge in [0.05, 0.1) is 32.9 Å². The average molecular weight is 676 g/mol. The Balaban J connectivity index is 0.000000280. The molecule has 0 heterocycles. The molecule has 224 valence electrons. The maximum Gasteiger partial charge on any atom is 0.416 e. The number of hydrogen-bond acceptors (Lipinski definition) is 0. The van der Waals surface area contributed by atoms with Crippen LogP contribution in [0.2, 0.25) is 0 Å². The van der Waals surface area contributed by atoms with E-state index >= 15 is 0 Å². The summed E-state index contributed by atoms with van der Waals surface area (Å²) in [6, 6.07) is 17.0. The molecule has 0 radical (unpaired) electrons. The summed E-state index contributed by atoms with van der Waals surface area (Å²) in [5, 5.41) is 1.63. The van der Waals surface area contributed by atoms with Crippen LogP contribution in [0.4, 0.5) is 52.7 Å². The van der Waals surface area contributed by atoms with Gasteiger partial charge >= 0.3 is 24.7 Å². The fraction of sp³-hybridized carbons (Fsp3) is 0.154. The summed E-state index contributed by atoms with van der Waals surface area (Å²) in [5.41, 5.74) is -5.05. The molecule has 0 fully saturated rings. The van der Waals surface area contributed by atoms with Gasteiger partial charge in [0.1, 0.15) is 0 Å². The molecule has 0 aliphatic heterocycles. The summed E-state index contributed by atoms with van der Waals surface area (Å²) in [6.45, 7) is 0. The molecule has 0 amide bonds. The molecule has 4 aromatic carbocycles. The minimum atomic E-state index is -4.79. The maximum atomic E-state index is 12.7. The molecule has 2 atom stereocenters. The molecule has 0 saturated heterocycles. The average Bonchev–Trinajstić information content (AvgIpc) is 3.51. The Hall–Kier alpha value is -2.32. The standard InChI is InChI=1S/2C13H9F6P.Fe/c2*14-12(15,16)8-5-9(13(17,18)19)7-11(6-8)20-10-3-1-2-4-10;/h2*1-7H,20H2;. The van der Waals surface area contributed by atoms with Crippen molar-refractivity contribution in [1.82, 2.24) is 0 Å². The van der Waals surface area contributed by atoms with Crippen molar-refractivity contribution in [2.24, 2.45) is 0 Å². The topological polar surface area (TPSA) is 0 Å². The molecule has 4 rings (SSSR count). The first-order valence-electron chi connectivity index (χ1n) is 11.0. The summed E-state index contributed by atoms with van der Waals surface area (Å²) >= 11 is 0. The fourth-order valence-electron chi connectivity index (χ4n) is 3.48. The minimum Gasteiger partial charge on any atom is -0.210 e. The molecule has 2 unspecified atom stereocenters. The molecule has 0 nitrogen and oxygen atoms in total. The van der Waals surface area contributed by atoms with Crippen LogP contribution in [0.1, 0.15) is 22.3 Å². The molecular formula is C26H18F12FeP2. The molecule has 0 bridgehead atoms. The summed E-state index contributed by atoms with van der Waals surface area (Å²) < 4.78 is 152. The van der Waals surface area contributed by atoms with E-state index in [4.69, 9.17) is 0 Å². The smallest absolute Gasteiger partial charge is 0.210 e. The van der Waals surface area contributed by atoms with Crippen LogP contribution in [0, 0.1) is 0 Å². The third kappa shape index (κ3) is 10.5. The second-order valence-electron chi connectivity index (χ2n) is 8.40. The zero-order chi connectivity index (χ0) is 29.9. The van der Waals surface area contributed by atoms with Crippen LogP contribution in [0.3, 0.4) is 0 Å². The van der Waals surface area contributed by atoms with Crippen LogP contribution in [-0.2, 0) is 41.8 Å². The van der Waals surface area contributed by atoms with E-state index in [1.54, 1.807) is 48.5 Å². The molecular weight excluding hydrogens is 658 g/mol.